The largest absolute Gasteiger partial charge is 0.340 e. The maximum atomic E-state index is 12.8. The van der Waals surface area contributed by atoms with Crippen LogP contribution in [0.3, 0.4) is 0 Å². The Balaban J connectivity index is 1.16. The summed E-state index contributed by atoms with van der Waals surface area (Å²) in [6, 6.07) is 11.4. The maximum absolute atomic E-state index is 12.8. The van der Waals surface area contributed by atoms with E-state index in [0.29, 0.717) is 11.8 Å². The van der Waals surface area contributed by atoms with Gasteiger partial charge in [0.1, 0.15) is 0 Å². The number of likely N-dealkylation sites (tertiary alicyclic amines) is 1. The van der Waals surface area contributed by atoms with Gasteiger partial charge in [-0.1, -0.05) is 30.3 Å². The Labute approximate surface area is 191 Å². The third-order valence-corrected chi connectivity index (χ3v) is 9.28. The van der Waals surface area contributed by atoms with Crippen molar-refractivity contribution in [3.05, 3.63) is 35.9 Å². The lowest BCUT2D eigenvalue weighted by atomic mass is 9.92. The number of amides is 1. The van der Waals surface area contributed by atoms with E-state index in [1.165, 1.54) is 54.5 Å². The Kier molecular flexibility index (Phi) is 8.85. The van der Waals surface area contributed by atoms with E-state index in [2.05, 4.69) is 68.6 Å². The van der Waals surface area contributed by atoms with Crippen LogP contribution in [0.4, 0.5) is 0 Å². The second-order valence-corrected chi connectivity index (χ2v) is 11.3. The zero-order valence-electron chi connectivity index (χ0n) is 18.2. The maximum Gasteiger partial charge on any atom is 0.222 e. The molecule has 1 aromatic carbocycles. The van der Waals surface area contributed by atoms with E-state index in [0.717, 1.165) is 51.6 Å². The quantitative estimate of drug-likeness (QED) is 0.663. The molecule has 4 rings (SSSR count). The van der Waals surface area contributed by atoms with Gasteiger partial charge in [-0.25, -0.2) is 0 Å². The lowest BCUT2D eigenvalue weighted by molar-refractivity contribution is -0.133. The smallest absolute Gasteiger partial charge is 0.222 e. The summed E-state index contributed by atoms with van der Waals surface area (Å²) in [4.78, 5) is 20.1. The van der Waals surface area contributed by atoms with Gasteiger partial charge in [0.15, 0.2) is 0 Å². The average Bonchev–Trinajstić information content (AvgIpc) is 3.09. The second kappa shape index (κ2) is 11.8. The van der Waals surface area contributed by atoms with Crippen molar-refractivity contribution in [1.29, 1.82) is 0 Å². The van der Waals surface area contributed by atoms with Gasteiger partial charge in [0.2, 0.25) is 5.91 Å². The summed E-state index contributed by atoms with van der Waals surface area (Å²) in [5.74, 6) is 6.31. The molecule has 1 amide bonds. The number of hydrogen-bond donors (Lipinski definition) is 0. The molecule has 0 N–H and O–H groups in total. The van der Waals surface area contributed by atoms with Gasteiger partial charge in [0.05, 0.1) is 0 Å². The van der Waals surface area contributed by atoms with E-state index >= 15 is 0 Å². The molecule has 4 nitrogen and oxygen atoms in total. The molecule has 1 atom stereocenters. The summed E-state index contributed by atoms with van der Waals surface area (Å²) in [6.45, 7) is 7.24. The van der Waals surface area contributed by atoms with Gasteiger partial charge < -0.3 is 4.90 Å². The Hall–Kier alpha value is -0.690. The molecule has 6 heteroatoms. The minimum Gasteiger partial charge on any atom is -0.340 e. The summed E-state index contributed by atoms with van der Waals surface area (Å²) in [5.41, 5.74) is 1.37. The molecule has 1 unspecified atom stereocenters. The van der Waals surface area contributed by atoms with Crippen molar-refractivity contribution in [1.82, 2.24) is 14.7 Å². The predicted molar refractivity (Wildman–Crippen MR) is 130 cm³/mol. The molecule has 166 valence electrons. The first-order chi connectivity index (χ1) is 14.8. The molecule has 0 spiro atoms. The summed E-state index contributed by atoms with van der Waals surface area (Å²) in [5, 5.41) is 0. The number of hydrogen-bond acceptors (Lipinski definition) is 5. The Morgan fingerprint density at radius 3 is 2.43 bits per heavy atom. The van der Waals surface area contributed by atoms with Crippen LogP contribution in [0.15, 0.2) is 30.3 Å². The molecule has 3 heterocycles. The number of nitrogens with zero attached hydrogens (tertiary/aromatic N) is 3. The van der Waals surface area contributed by atoms with Crippen LogP contribution in [-0.2, 0) is 11.3 Å². The Morgan fingerprint density at radius 2 is 1.70 bits per heavy atom. The molecule has 0 saturated carbocycles. The van der Waals surface area contributed by atoms with E-state index in [4.69, 9.17) is 0 Å². The highest BCUT2D eigenvalue weighted by Crippen LogP contribution is 2.27. The molecular weight excluding hydrogens is 410 g/mol. The minimum atomic E-state index is 0.382. The lowest BCUT2D eigenvalue weighted by Crippen LogP contribution is -2.48. The minimum absolute atomic E-state index is 0.382. The topological polar surface area (TPSA) is 26.8 Å². The summed E-state index contributed by atoms with van der Waals surface area (Å²) in [7, 11) is 0. The molecule has 3 fully saturated rings. The first-order valence-electron chi connectivity index (χ1n) is 11.7. The number of carbonyl (C=O) groups is 1. The van der Waals surface area contributed by atoms with Gasteiger partial charge in [-0.05, 0) is 37.3 Å². The van der Waals surface area contributed by atoms with Crippen LogP contribution in [-0.4, -0.2) is 88.9 Å². The van der Waals surface area contributed by atoms with E-state index in [1.807, 2.05) is 0 Å². The SMILES string of the molecule is O=C(CCC1CCCN(C2CSCCSC2)C1)N1CCN(Cc2ccccc2)CC1. The molecule has 3 aliphatic heterocycles. The molecule has 0 aliphatic carbocycles. The van der Waals surface area contributed by atoms with E-state index in [9.17, 15) is 4.79 Å². The zero-order chi connectivity index (χ0) is 20.6. The van der Waals surface area contributed by atoms with Crippen LogP contribution in [0.1, 0.15) is 31.2 Å². The molecule has 3 saturated heterocycles. The van der Waals surface area contributed by atoms with Crippen LogP contribution >= 0.6 is 23.5 Å². The van der Waals surface area contributed by atoms with Crippen LogP contribution < -0.4 is 0 Å². The molecule has 0 aromatic heterocycles. The lowest BCUT2D eigenvalue weighted by Gasteiger charge is -2.38. The van der Waals surface area contributed by atoms with Crippen molar-refractivity contribution in [2.45, 2.75) is 38.3 Å². The van der Waals surface area contributed by atoms with Crippen LogP contribution in [0.25, 0.3) is 0 Å². The summed E-state index contributed by atoms with van der Waals surface area (Å²) < 4.78 is 0. The second-order valence-electron chi connectivity index (χ2n) is 8.99. The molecule has 3 aliphatic rings. The van der Waals surface area contributed by atoms with Gasteiger partial charge in [-0.3, -0.25) is 14.6 Å². The monoisotopic (exact) mass is 447 g/mol. The summed E-state index contributed by atoms with van der Waals surface area (Å²) >= 11 is 4.26. The highest BCUT2D eigenvalue weighted by Gasteiger charge is 2.28. The third-order valence-electron chi connectivity index (χ3n) is 6.80. The van der Waals surface area contributed by atoms with Gasteiger partial charge in [-0.15, -0.1) is 0 Å². The average molecular weight is 448 g/mol. The first-order valence-corrected chi connectivity index (χ1v) is 14.0. The molecule has 1 aromatic rings. The third kappa shape index (κ3) is 6.65. The normalized spacial score (nSPS) is 25.2. The van der Waals surface area contributed by atoms with Crippen molar-refractivity contribution in [3.63, 3.8) is 0 Å². The number of rotatable bonds is 6. The Bertz CT molecular complexity index is 643. The highest BCUT2D eigenvalue weighted by atomic mass is 32.2. The van der Waals surface area contributed by atoms with Crippen molar-refractivity contribution in [2.75, 3.05) is 62.3 Å². The van der Waals surface area contributed by atoms with Crippen LogP contribution in [0.2, 0.25) is 0 Å². The summed E-state index contributed by atoms with van der Waals surface area (Å²) in [6.07, 6.45) is 4.43. The first kappa shape index (κ1) is 22.5. The van der Waals surface area contributed by atoms with E-state index in [-0.39, 0.29) is 0 Å². The number of carbonyl (C=O) groups excluding carboxylic acids is 1. The fraction of sp³-hybridized carbons (Fsp3) is 0.708. The van der Waals surface area contributed by atoms with Crippen LogP contribution in [0, 0.1) is 5.92 Å². The number of piperidine rings is 1. The van der Waals surface area contributed by atoms with Crippen molar-refractivity contribution >= 4 is 29.4 Å². The highest BCUT2D eigenvalue weighted by molar-refractivity contribution is 8.03. The van der Waals surface area contributed by atoms with Gasteiger partial charge in [0, 0.05) is 74.7 Å². The van der Waals surface area contributed by atoms with Crippen LogP contribution in [0.5, 0.6) is 0 Å². The molecule has 30 heavy (non-hydrogen) atoms. The van der Waals surface area contributed by atoms with E-state index in [1.54, 1.807) is 0 Å². The fourth-order valence-corrected chi connectivity index (χ4v) is 7.59. The number of benzene rings is 1. The zero-order valence-corrected chi connectivity index (χ0v) is 19.8. The van der Waals surface area contributed by atoms with E-state index < -0.39 is 0 Å². The Morgan fingerprint density at radius 1 is 0.967 bits per heavy atom. The predicted octanol–water partition coefficient (Wildman–Crippen LogP) is 3.67. The number of thioether (sulfide) groups is 2. The van der Waals surface area contributed by atoms with Crippen molar-refractivity contribution < 1.29 is 4.79 Å². The van der Waals surface area contributed by atoms with Gasteiger partial charge in [0.25, 0.3) is 0 Å². The number of piperazine rings is 1. The van der Waals surface area contributed by atoms with Gasteiger partial charge >= 0.3 is 0 Å². The molecule has 0 bridgehead atoms. The van der Waals surface area contributed by atoms with Gasteiger partial charge in [-0.2, -0.15) is 23.5 Å². The molecular formula is C24H37N3OS2. The fourth-order valence-electron chi connectivity index (χ4n) is 4.96. The van der Waals surface area contributed by atoms with Crippen molar-refractivity contribution in [3.8, 4) is 0 Å². The standard InChI is InChI=1S/C24H37N3OS2/c28-24(26-13-11-25(12-14-26)17-21-5-2-1-3-6-21)9-8-22-7-4-10-27(18-22)23-19-29-15-16-30-20-23/h1-3,5-6,22-23H,4,7-20H2. The van der Waals surface area contributed by atoms with Crippen molar-refractivity contribution in [2.24, 2.45) is 5.92 Å². The molecule has 0 radical (unpaired) electrons.